The van der Waals surface area contributed by atoms with Crippen LogP contribution in [0.5, 0.6) is 5.75 Å². The molecule has 0 fully saturated rings. The molecule has 1 aromatic heterocycles. The maximum atomic E-state index is 13.7. The van der Waals surface area contributed by atoms with Gasteiger partial charge >= 0.3 is 0 Å². The highest BCUT2D eigenvalue weighted by molar-refractivity contribution is 5.63. The number of nitrogens with two attached hydrogens (primary N) is 1. The fraction of sp³-hybridized carbons (Fsp3) is 0.154. The monoisotopic (exact) mass is 262 g/mol. The summed E-state index contributed by atoms with van der Waals surface area (Å²) in [5.41, 5.74) is 3.82. The summed E-state index contributed by atoms with van der Waals surface area (Å²) in [5.74, 6) is 5.64. The average Bonchev–Trinajstić information content (AvgIpc) is 2.42. The van der Waals surface area contributed by atoms with Crippen LogP contribution in [-0.2, 0) is 0 Å². The van der Waals surface area contributed by atoms with Crippen molar-refractivity contribution in [3.8, 4) is 5.75 Å². The van der Waals surface area contributed by atoms with E-state index >= 15 is 0 Å². The van der Waals surface area contributed by atoms with Crippen molar-refractivity contribution in [1.29, 1.82) is 0 Å². The highest BCUT2D eigenvalue weighted by Crippen LogP contribution is 2.24. The maximum Gasteiger partial charge on any atom is 0.167 e. The molecule has 2 rings (SSSR count). The number of nitrogen functional groups attached to an aromatic ring is 1. The van der Waals surface area contributed by atoms with Crippen molar-refractivity contribution in [3.63, 3.8) is 0 Å². The van der Waals surface area contributed by atoms with Gasteiger partial charge in [0.15, 0.2) is 11.6 Å². The molecule has 19 heavy (non-hydrogen) atoms. The Hall–Kier alpha value is -2.34. The minimum absolute atomic E-state index is 0.243. The van der Waals surface area contributed by atoms with E-state index in [9.17, 15) is 4.39 Å². The molecule has 0 aliphatic carbocycles. The van der Waals surface area contributed by atoms with Crippen LogP contribution in [0.2, 0.25) is 0 Å². The van der Waals surface area contributed by atoms with Gasteiger partial charge in [0, 0.05) is 29.7 Å². The van der Waals surface area contributed by atoms with Crippen molar-refractivity contribution in [3.05, 3.63) is 42.3 Å². The number of anilines is 3. The van der Waals surface area contributed by atoms with E-state index < -0.39 is 5.82 Å². The van der Waals surface area contributed by atoms with Gasteiger partial charge in [0.05, 0.1) is 6.61 Å². The fourth-order valence-corrected chi connectivity index (χ4v) is 1.61. The Morgan fingerprint density at radius 1 is 1.26 bits per heavy atom. The van der Waals surface area contributed by atoms with Gasteiger partial charge < -0.3 is 15.5 Å². The normalized spacial score (nSPS) is 10.1. The lowest BCUT2D eigenvalue weighted by Crippen LogP contribution is -2.08. The van der Waals surface area contributed by atoms with E-state index in [1.165, 1.54) is 6.07 Å². The van der Waals surface area contributed by atoms with E-state index in [0.717, 1.165) is 5.69 Å². The van der Waals surface area contributed by atoms with Gasteiger partial charge in [-0.2, -0.15) is 0 Å². The van der Waals surface area contributed by atoms with Gasteiger partial charge in [-0.3, -0.25) is 0 Å². The minimum atomic E-state index is -0.405. The number of rotatable bonds is 5. The summed E-state index contributed by atoms with van der Waals surface area (Å²) in [4.78, 5) is 3.99. The van der Waals surface area contributed by atoms with Crippen LogP contribution in [0.4, 0.5) is 21.6 Å². The first-order valence-electron chi connectivity index (χ1n) is 5.85. The molecule has 0 saturated carbocycles. The van der Waals surface area contributed by atoms with Crippen LogP contribution in [0.15, 0.2) is 36.5 Å². The number of hydrazine groups is 1. The number of aromatic nitrogens is 1. The van der Waals surface area contributed by atoms with Crippen molar-refractivity contribution in [2.45, 2.75) is 6.92 Å². The number of hydrogen-bond donors (Lipinski definition) is 3. The zero-order chi connectivity index (χ0) is 13.7. The molecule has 0 radical (unpaired) electrons. The Balaban J connectivity index is 2.16. The van der Waals surface area contributed by atoms with E-state index in [0.29, 0.717) is 18.1 Å². The number of pyridine rings is 1. The van der Waals surface area contributed by atoms with Crippen LogP contribution < -0.4 is 21.3 Å². The van der Waals surface area contributed by atoms with Crippen molar-refractivity contribution in [1.82, 2.24) is 4.98 Å². The lowest BCUT2D eigenvalue weighted by atomic mass is 10.2. The fourth-order valence-electron chi connectivity index (χ4n) is 1.61. The van der Waals surface area contributed by atoms with Crippen LogP contribution in [0, 0.1) is 5.82 Å². The Kier molecular flexibility index (Phi) is 4.15. The first-order valence-corrected chi connectivity index (χ1v) is 5.85. The molecule has 1 aromatic carbocycles. The molecule has 0 unspecified atom stereocenters. The molecule has 0 spiro atoms. The summed E-state index contributed by atoms with van der Waals surface area (Å²) >= 11 is 0. The first kappa shape index (κ1) is 13.1. The second-order valence-corrected chi connectivity index (χ2v) is 3.78. The first-order chi connectivity index (χ1) is 9.22. The molecule has 0 bridgehead atoms. The molecule has 0 atom stereocenters. The summed E-state index contributed by atoms with van der Waals surface area (Å²) in [5, 5.41) is 3.06. The Bertz CT molecular complexity index is 562. The SMILES string of the molecule is CCOc1ccc(Nc2ccnc(NN)c2)cc1F. The van der Waals surface area contributed by atoms with Crippen molar-refractivity contribution in [2.75, 3.05) is 17.3 Å². The third kappa shape index (κ3) is 3.32. The second kappa shape index (κ2) is 6.01. The second-order valence-electron chi connectivity index (χ2n) is 3.78. The maximum absolute atomic E-state index is 13.7. The van der Waals surface area contributed by atoms with Crippen LogP contribution in [-0.4, -0.2) is 11.6 Å². The topological polar surface area (TPSA) is 72.2 Å². The number of hydrogen-bond acceptors (Lipinski definition) is 5. The molecule has 1 heterocycles. The predicted molar refractivity (Wildman–Crippen MR) is 72.9 cm³/mol. The third-order valence-corrected chi connectivity index (χ3v) is 2.43. The molecule has 0 saturated heterocycles. The number of benzene rings is 1. The Morgan fingerprint density at radius 2 is 2.05 bits per heavy atom. The number of ether oxygens (including phenoxy) is 1. The Morgan fingerprint density at radius 3 is 2.74 bits per heavy atom. The lowest BCUT2D eigenvalue weighted by molar-refractivity contribution is 0.321. The van der Waals surface area contributed by atoms with E-state index in [1.807, 2.05) is 6.92 Å². The van der Waals surface area contributed by atoms with Crippen LogP contribution in [0.25, 0.3) is 0 Å². The van der Waals surface area contributed by atoms with E-state index in [-0.39, 0.29) is 5.75 Å². The zero-order valence-corrected chi connectivity index (χ0v) is 10.5. The number of nitrogens with zero attached hydrogens (tertiary/aromatic N) is 1. The summed E-state index contributed by atoms with van der Waals surface area (Å²) < 4.78 is 18.8. The highest BCUT2D eigenvalue weighted by Gasteiger charge is 2.04. The smallest absolute Gasteiger partial charge is 0.167 e. The van der Waals surface area contributed by atoms with Crippen molar-refractivity contribution >= 4 is 17.2 Å². The average molecular weight is 262 g/mol. The minimum Gasteiger partial charge on any atom is -0.491 e. The van der Waals surface area contributed by atoms with Gasteiger partial charge in [-0.25, -0.2) is 15.2 Å². The molecule has 2 aromatic rings. The van der Waals surface area contributed by atoms with Gasteiger partial charge in [-0.15, -0.1) is 0 Å². The largest absolute Gasteiger partial charge is 0.491 e. The van der Waals surface area contributed by atoms with Gasteiger partial charge in [0.1, 0.15) is 5.82 Å². The van der Waals surface area contributed by atoms with Crippen LogP contribution in [0.3, 0.4) is 0 Å². The highest BCUT2D eigenvalue weighted by atomic mass is 19.1. The van der Waals surface area contributed by atoms with Gasteiger partial charge in [-0.05, 0) is 25.1 Å². The summed E-state index contributed by atoms with van der Waals surface area (Å²) in [6.45, 7) is 2.24. The number of nitrogens with one attached hydrogen (secondary N) is 2. The molecule has 4 N–H and O–H groups in total. The molecule has 0 amide bonds. The zero-order valence-electron chi connectivity index (χ0n) is 10.5. The van der Waals surface area contributed by atoms with E-state index in [2.05, 4.69) is 15.7 Å². The summed E-state index contributed by atoms with van der Waals surface area (Å²) in [7, 11) is 0. The van der Waals surface area contributed by atoms with Crippen molar-refractivity contribution < 1.29 is 9.13 Å². The number of halogens is 1. The lowest BCUT2D eigenvalue weighted by Gasteiger charge is -2.10. The molecule has 6 heteroatoms. The quantitative estimate of drug-likeness (QED) is 0.570. The van der Waals surface area contributed by atoms with Crippen molar-refractivity contribution in [2.24, 2.45) is 5.84 Å². The van der Waals surface area contributed by atoms with Gasteiger partial charge in [0.25, 0.3) is 0 Å². The standard InChI is InChI=1S/C13H15FN4O/c1-2-19-12-4-3-9(7-11(12)14)17-10-5-6-16-13(8-10)18-15/h3-8H,2,15H2,1H3,(H2,16,17,18). The molecule has 0 aliphatic rings. The summed E-state index contributed by atoms with van der Waals surface area (Å²) in [6.07, 6.45) is 1.60. The third-order valence-electron chi connectivity index (χ3n) is 2.43. The van der Waals surface area contributed by atoms with Crippen LogP contribution >= 0.6 is 0 Å². The van der Waals surface area contributed by atoms with Crippen LogP contribution in [0.1, 0.15) is 6.92 Å². The summed E-state index contributed by atoms with van der Waals surface area (Å²) in [6, 6.07) is 8.18. The molecular weight excluding hydrogens is 247 g/mol. The molecule has 100 valence electrons. The van der Waals surface area contributed by atoms with Gasteiger partial charge in [-0.1, -0.05) is 0 Å². The molecular formula is C13H15FN4O. The van der Waals surface area contributed by atoms with Gasteiger partial charge in [0.2, 0.25) is 0 Å². The van der Waals surface area contributed by atoms with E-state index in [1.54, 1.807) is 30.5 Å². The van der Waals surface area contributed by atoms with E-state index in [4.69, 9.17) is 10.6 Å². The Labute approximate surface area is 110 Å². The predicted octanol–water partition coefficient (Wildman–Crippen LogP) is 2.65. The molecule has 5 nitrogen and oxygen atoms in total. The molecule has 0 aliphatic heterocycles.